The van der Waals surface area contributed by atoms with E-state index < -0.39 is 0 Å². The molecular weight excluding hydrogens is 330 g/mol. The fourth-order valence-electron chi connectivity index (χ4n) is 3.06. The molecule has 126 valence electrons. The molecule has 3 nitrogen and oxygen atoms in total. The highest BCUT2D eigenvalue weighted by atomic mass is 32.2. The topological polar surface area (TPSA) is 33.5 Å². The van der Waals surface area contributed by atoms with E-state index in [1.807, 2.05) is 35.2 Å². The summed E-state index contributed by atoms with van der Waals surface area (Å²) in [5.41, 5.74) is 3.34. The van der Waals surface area contributed by atoms with Gasteiger partial charge in [-0.25, -0.2) is 0 Å². The Morgan fingerprint density at radius 3 is 2.64 bits per heavy atom. The molecule has 0 bridgehead atoms. The maximum absolute atomic E-state index is 13.0. The number of para-hydroxylation sites is 1. The van der Waals surface area contributed by atoms with Crippen LogP contribution in [0.5, 0.6) is 0 Å². The second-order valence-corrected chi connectivity index (χ2v) is 7.50. The molecule has 4 rings (SSSR count). The molecule has 1 aliphatic rings. The normalized spacial score (nSPS) is 17.2. The van der Waals surface area contributed by atoms with Crippen molar-refractivity contribution in [2.24, 2.45) is 0 Å². The quantitative estimate of drug-likeness (QED) is 0.638. The number of carbonyl (C=O) groups is 1. The molecule has 1 amide bonds. The van der Waals surface area contributed by atoms with Gasteiger partial charge in [-0.3, -0.25) is 4.79 Å². The minimum absolute atomic E-state index is 0.00617. The molecule has 0 fully saturated rings. The summed E-state index contributed by atoms with van der Waals surface area (Å²) in [4.78, 5) is 16.0. The third kappa shape index (κ3) is 3.35. The van der Waals surface area contributed by atoms with Crippen molar-refractivity contribution in [3.8, 4) is 0 Å². The van der Waals surface area contributed by atoms with Gasteiger partial charge < -0.3 is 9.32 Å². The largest absolute Gasteiger partial charge is 0.468 e. The summed E-state index contributed by atoms with van der Waals surface area (Å²) in [6.45, 7) is 2.66. The first-order valence-electron chi connectivity index (χ1n) is 8.36. The lowest BCUT2D eigenvalue weighted by molar-refractivity contribution is -0.118. The van der Waals surface area contributed by atoms with Gasteiger partial charge in [0.15, 0.2) is 0 Å². The van der Waals surface area contributed by atoms with Crippen LogP contribution in [0.25, 0.3) is 0 Å². The predicted molar refractivity (Wildman–Crippen MR) is 101 cm³/mol. The van der Waals surface area contributed by atoms with Crippen molar-refractivity contribution in [1.82, 2.24) is 0 Å². The van der Waals surface area contributed by atoms with Crippen molar-refractivity contribution in [2.75, 3.05) is 4.90 Å². The lowest BCUT2D eigenvalue weighted by atomic mass is 10.1. The number of hydrogen-bond donors (Lipinski definition) is 0. The number of carbonyl (C=O) groups excluding carboxylic acids is 1. The van der Waals surface area contributed by atoms with Gasteiger partial charge in [0, 0.05) is 11.3 Å². The van der Waals surface area contributed by atoms with Crippen LogP contribution in [0.4, 0.5) is 5.69 Å². The van der Waals surface area contributed by atoms with Crippen molar-refractivity contribution in [3.63, 3.8) is 0 Å². The fraction of sp³-hybridized carbons (Fsp3) is 0.190. The van der Waals surface area contributed by atoms with Gasteiger partial charge in [0.05, 0.1) is 23.7 Å². The number of rotatable bonds is 3. The average Bonchev–Trinajstić information content (AvgIpc) is 3.11. The Hall–Kier alpha value is -2.46. The number of nitrogens with zero attached hydrogens (tertiary/aromatic N) is 1. The molecule has 0 spiro atoms. The maximum atomic E-state index is 13.0. The second kappa shape index (κ2) is 6.81. The summed E-state index contributed by atoms with van der Waals surface area (Å²) in [6, 6.07) is 20.3. The van der Waals surface area contributed by atoms with E-state index >= 15 is 0 Å². The first-order valence-corrected chi connectivity index (χ1v) is 9.23. The molecule has 25 heavy (non-hydrogen) atoms. The van der Waals surface area contributed by atoms with Crippen LogP contribution in [0, 0.1) is 6.92 Å². The number of thioether (sulfide) groups is 1. The van der Waals surface area contributed by atoms with E-state index in [9.17, 15) is 4.79 Å². The third-order valence-corrected chi connectivity index (χ3v) is 5.69. The Balaban J connectivity index is 1.69. The summed E-state index contributed by atoms with van der Waals surface area (Å²) < 4.78 is 5.57. The molecule has 2 heterocycles. The molecule has 2 aromatic carbocycles. The molecule has 4 heteroatoms. The monoisotopic (exact) mass is 349 g/mol. The molecule has 1 aliphatic heterocycles. The Labute approximate surface area is 151 Å². The van der Waals surface area contributed by atoms with Gasteiger partial charge >= 0.3 is 0 Å². The summed E-state index contributed by atoms with van der Waals surface area (Å²) >= 11 is 1.70. The SMILES string of the molecule is Cc1ccc(CN2C(=O)CC(c3ccco3)Sc3ccccc32)cc1. The number of fused-ring (bicyclic) bond motifs is 1. The van der Waals surface area contributed by atoms with Crippen molar-refractivity contribution >= 4 is 23.4 Å². The van der Waals surface area contributed by atoms with E-state index in [0.29, 0.717) is 13.0 Å². The van der Waals surface area contributed by atoms with E-state index in [-0.39, 0.29) is 11.2 Å². The summed E-state index contributed by atoms with van der Waals surface area (Å²) in [7, 11) is 0. The van der Waals surface area contributed by atoms with Gasteiger partial charge in [-0.05, 0) is 36.8 Å². The lowest BCUT2D eigenvalue weighted by Crippen LogP contribution is -2.30. The highest BCUT2D eigenvalue weighted by Crippen LogP contribution is 2.45. The van der Waals surface area contributed by atoms with Gasteiger partial charge in [0.25, 0.3) is 0 Å². The fourth-order valence-corrected chi connectivity index (χ4v) is 4.30. The van der Waals surface area contributed by atoms with Crippen LogP contribution in [-0.4, -0.2) is 5.91 Å². The van der Waals surface area contributed by atoms with Crippen molar-refractivity contribution < 1.29 is 9.21 Å². The minimum atomic E-state index is 0.00617. The Morgan fingerprint density at radius 2 is 1.88 bits per heavy atom. The van der Waals surface area contributed by atoms with E-state index in [1.165, 1.54) is 5.56 Å². The van der Waals surface area contributed by atoms with Crippen LogP contribution >= 0.6 is 11.8 Å². The molecule has 0 saturated carbocycles. The highest BCUT2D eigenvalue weighted by Gasteiger charge is 2.30. The van der Waals surface area contributed by atoms with Crippen molar-refractivity contribution in [3.05, 3.63) is 83.8 Å². The first-order chi connectivity index (χ1) is 12.2. The van der Waals surface area contributed by atoms with Crippen LogP contribution in [0.2, 0.25) is 0 Å². The molecule has 1 unspecified atom stereocenters. The van der Waals surface area contributed by atoms with Gasteiger partial charge in [-0.2, -0.15) is 0 Å². The number of furan rings is 1. The minimum Gasteiger partial charge on any atom is -0.468 e. The van der Waals surface area contributed by atoms with Crippen LogP contribution < -0.4 is 4.90 Å². The van der Waals surface area contributed by atoms with Gasteiger partial charge in [-0.15, -0.1) is 11.8 Å². The zero-order valence-corrected chi connectivity index (χ0v) is 14.8. The van der Waals surface area contributed by atoms with Gasteiger partial charge in [0.1, 0.15) is 5.76 Å². The predicted octanol–water partition coefficient (Wildman–Crippen LogP) is 5.36. The second-order valence-electron chi connectivity index (χ2n) is 6.26. The van der Waals surface area contributed by atoms with Crippen molar-refractivity contribution in [1.29, 1.82) is 0 Å². The van der Waals surface area contributed by atoms with E-state index in [1.54, 1.807) is 18.0 Å². The van der Waals surface area contributed by atoms with E-state index in [0.717, 1.165) is 21.9 Å². The molecular formula is C21H19NO2S. The van der Waals surface area contributed by atoms with E-state index in [4.69, 9.17) is 4.42 Å². The highest BCUT2D eigenvalue weighted by molar-refractivity contribution is 7.99. The van der Waals surface area contributed by atoms with Gasteiger partial charge in [0.2, 0.25) is 5.91 Å². The Kier molecular flexibility index (Phi) is 4.36. The first kappa shape index (κ1) is 16.0. The number of benzene rings is 2. The molecule has 3 aromatic rings. The summed E-state index contributed by atoms with van der Waals surface area (Å²) in [5.74, 6) is 0.977. The van der Waals surface area contributed by atoms with Crippen molar-refractivity contribution in [2.45, 2.75) is 30.0 Å². The summed E-state index contributed by atoms with van der Waals surface area (Å²) in [6.07, 6.45) is 2.10. The van der Waals surface area contributed by atoms with Crippen LogP contribution in [0.3, 0.4) is 0 Å². The Morgan fingerprint density at radius 1 is 1.08 bits per heavy atom. The van der Waals surface area contributed by atoms with Crippen LogP contribution in [0.1, 0.15) is 28.6 Å². The standard InChI is InChI=1S/C21H19NO2S/c1-15-8-10-16(11-9-15)14-22-17-5-2-3-7-19(17)25-20(13-21(22)23)18-6-4-12-24-18/h2-12,20H,13-14H2,1H3. The molecule has 0 saturated heterocycles. The van der Waals surface area contributed by atoms with E-state index in [2.05, 4.69) is 37.3 Å². The average molecular weight is 349 g/mol. The van der Waals surface area contributed by atoms with Crippen LogP contribution in [0.15, 0.2) is 76.2 Å². The van der Waals surface area contributed by atoms with Gasteiger partial charge in [-0.1, -0.05) is 42.0 Å². The molecule has 1 atom stereocenters. The molecule has 0 aliphatic carbocycles. The molecule has 1 aromatic heterocycles. The summed E-state index contributed by atoms with van der Waals surface area (Å²) in [5, 5.41) is 0.00617. The number of hydrogen-bond acceptors (Lipinski definition) is 3. The zero-order valence-electron chi connectivity index (χ0n) is 14.0. The Bertz CT molecular complexity index is 871. The zero-order chi connectivity index (χ0) is 17.2. The smallest absolute Gasteiger partial charge is 0.228 e. The number of aryl methyl sites for hydroxylation is 1. The number of anilines is 1. The molecule has 0 N–H and O–H groups in total. The van der Waals surface area contributed by atoms with Crippen LogP contribution in [-0.2, 0) is 11.3 Å². The lowest BCUT2D eigenvalue weighted by Gasteiger charge is -2.22. The third-order valence-electron chi connectivity index (χ3n) is 4.41. The number of amides is 1. The maximum Gasteiger partial charge on any atom is 0.228 e. The molecule has 0 radical (unpaired) electrons.